The van der Waals surface area contributed by atoms with E-state index >= 15 is 0 Å². The van der Waals surface area contributed by atoms with Gasteiger partial charge in [-0.2, -0.15) is 0 Å². The van der Waals surface area contributed by atoms with Crippen LogP contribution < -0.4 is 0 Å². The molecule has 25 heavy (non-hydrogen) atoms. The highest BCUT2D eigenvalue weighted by molar-refractivity contribution is 6.30. The Morgan fingerprint density at radius 3 is 2.56 bits per heavy atom. The highest BCUT2D eigenvalue weighted by Crippen LogP contribution is 2.30. The minimum atomic E-state index is 0.774. The number of fused-ring (bicyclic) bond motifs is 3. The number of halogens is 1. The third kappa shape index (κ3) is 3.24. The highest BCUT2D eigenvalue weighted by Gasteiger charge is 2.19. The molecule has 1 aromatic heterocycles. The van der Waals surface area contributed by atoms with Crippen LogP contribution in [0.3, 0.4) is 0 Å². The van der Waals surface area contributed by atoms with E-state index in [1.165, 1.54) is 27.7 Å². The molecule has 1 aliphatic rings. The molecule has 0 radical (unpaired) electrons. The van der Waals surface area contributed by atoms with Crippen LogP contribution in [-0.2, 0) is 12.8 Å². The smallest absolute Gasteiger partial charge is 0.0528 e. The molecule has 1 aliphatic heterocycles. The third-order valence-electron chi connectivity index (χ3n) is 5.14. The monoisotopic (exact) mass is 350 g/mol. The van der Waals surface area contributed by atoms with Crippen molar-refractivity contribution in [3.63, 3.8) is 0 Å². The first kappa shape index (κ1) is 16.4. The number of likely N-dealkylation sites (N-methyl/N-ethyl adjacent to an activating group) is 1. The zero-order chi connectivity index (χ0) is 17.4. The average molecular weight is 351 g/mol. The summed E-state index contributed by atoms with van der Waals surface area (Å²) in [5.41, 5.74) is 6.77. The Labute approximate surface area is 154 Å². The predicted octanol–water partition coefficient (Wildman–Crippen LogP) is 5.26. The van der Waals surface area contributed by atoms with E-state index < -0.39 is 0 Å². The van der Waals surface area contributed by atoms with Crippen LogP contribution in [0.2, 0.25) is 5.02 Å². The molecule has 0 spiro atoms. The van der Waals surface area contributed by atoms with Crippen molar-refractivity contribution in [3.05, 3.63) is 69.9 Å². The predicted molar refractivity (Wildman–Crippen MR) is 108 cm³/mol. The lowest BCUT2D eigenvalue weighted by atomic mass is 10.1. The molecule has 2 nitrogen and oxygen atoms in total. The van der Waals surface area contributed by atoms with Crippen molar-refractivity contribution in [2.45, 2.75) is 19.8 Å². The molecule has 0 aliphatic carbocycles. The van der Waals surface area contributed by atoms with Crippen molar-refractivity contribution in [1.29, 1.82) is 0 Å². The van der Waals surface area contributed by atoms with Gasteiger partial charge in [0.15, 0.2) is 0 Å². The standard InChI is InChI=1S/C22H23ClN2/c1-16-3-8-21-20(15-16)19-10-12-24(2)13-11-22(19)25(21)14-9-17-4-6-18(23)7-5-17/h3-9,14-15H,10-13H2,1-2H3. The largest absolute Gasteiger partial charge is 0.320 e. The number of aryl methyl sites for hydroxylation is 1. The van der Waals surface area contributed by atoms with Gasteiger partial charge >= 0.3 is 0 Å². The van der Waals surface area contributed by atoms with Crippen LogP contribution in [-0.4, -0.2) is 29.6 Å². The van der Waals surface area contributed by atoms with Gasteiger partial charge in [0.1, 0.15) is 0 Å². The maximum Gasteiger partial charge on any atom is 0.0528 e. The van der Waals surface area contributed by atoms with E-state index in [9.17, 15) is 0 Å². The second kappa shape index (κ2) is 6.70. The van der Waals surface area contributed by atoms with Crippen molar-refractivity contribution >= 4 is 34.8 Å². The zero-order valence-electron chi connectivity index (χ0n) is 14.8. The molecule has 2 heterocycles. The Hall–Kier alpha value is -2.03. The van der Waals surface area contributed by atoms with Gasteiger partial charge in [0, 0.05) is 41.8 Å². The van der Waals surface area contributed by atoms with E-state index in [-0.39, 0.29) is 0 Å². The molecule has 0 unspecified atom stereocenters. The van der Waals surface area contributed by atoms with Crippen LogP contribution >= 0.6 is 11.6 Å². The maximum absolute atomic E-state index is 6.00. The fourth-order valence-corrected chi connectivity index (χ4v) is 3.84. The highest BCUT2D eigenvalue weighted by atomic mass is 35.5. The fourth-order valence-electron chi connectivity index (χ4n) is 3.71. The summed E-state index contributed by atoms with van der Waals surface area (Å²) in [6, 6.07) is 14.8. The first-order chi connectivity index (χ1) is 12.1. The van der Waals surface area contributed by atoms with Crippen LogP contribution in [0.25, 0.3) is 23.2 Å². The molecule has 4 rings (SSSR count). The number of benzene rings is 2. The van der Waals surface area contributed by atoms with Crippen molar-refractivity contribution in [2.24, 2.45) is 0 Å². The number of nitrogens with zero attached hydrogens (tertiary/aromatic N) is 2. The summed E-state index contributed by atoms with van der Waals surface area (Å²) in [6.07, 6.45) is 6.59. The number of aromatic nitrogens is 1. The SMILES string of the molecule is Cc1ccc2c(c1)c1c(n2C=Cc2ccc(Cl)cc2)CCN(C)CC1. The van der Waals surface area contributed by atoms with Crippen molar-refractivity contribution in [2.75, 3.05) is 20.1 Å². The van der Waals surface area contributed by atoms with E-state index in [1.807, 2.05) is 12.1 Å². The summed E-state index contributed by atoms with van der Waals surface area (Å²) in [4.78, 5) is 2.43. The fraction of sp³-hybridized carbons (Fsp3) is 0.273. The summed E-state index contributed by atoms with van der Waals surface area (Å²) in [6.45, 7) is 4.41. The third-order valence-corrected chi connectivity index (χ3v) is 5.39. The zero-order valence-corrected chi connectivity index (χ0v) is 15.6. The van der Waals surface area contributed by atoms with Gasteiger partial charge in [-0.3, -0.25) is 0 Å². The Morgan fingerprint density at radius 2 is 1.76 bits per heavy atom. The van der Waals surface area contributed by atoms with Gasteiger partial charge in [-0.25, -0.2) is 0 Å². The molecule has 2 aromatic carbocycles. The normalized spacial score (nSPS) is 15.6. The van der Waals surface area contributed by atoms with Crippen LogP contribution in [0.4, 0.5) is 0 Å². The lowest BCUT2D eigenvalue weighted by molar-refractivity contribution is 0.351. The molecule has 0 saturated heterocycles. The molecule has 0 fully saturated rings. The van der Waals surface area contributed by atoms with Gasteiger partial charge in [0.05, 0.1) is 5.52 Å². The molecule has 0 bridgehead atoms. The summed E-state index contributed by atoms with van der Waals surface area (Å²) in [5.74, 6) is 0. The van der Waals surface area contributed by atoms with Crippen LogP contribution in [0.1, 0.15) is 22.4 Å². The van der Waals surface area contributed by atoms with Crippen molar-refractivity contribution in [1.82, 2.24) is 9.47 Å². The number of hydrogen-bond donors (Lipinski definition) is 0. The Morgan fingerprint density at radius 1 is 1.00 bits per heavy atom. The molecule has 0 atom stereocenters. The Bertz CT molecular complexity index is 935. The molecular weight excluding hydrogens is 328 g/mol. The summed E-state index contributed by atoms with van der Waals surface area (Å²) in [5, 5.41) is 2.18. The molecule has 3 aromatic rings. The van der Waals surface area contributed by atoms with E-state index in [2.05, 4.69) is 66.0 Å². The lowest BCUT2D eigenvalue weighted by Crippen LogP contribution is -2.21. The molecule has 128 valence electrons. The van der Waals surface area contributed by atoms with Gasteiger partial charge in [-0.15, -0.1) is 0 Å². The average Bonchev–Trinajstić information content (AvgIpc) is 2.75. The van der Waals surface area contributed by atoms with E-state index in [0.29, 0.717) is 0 Å². The van der Waals surface area contributed by atoms with Crippen LogP contribution in [0.15, 0.2) is 42.5 Å². The van der Waals surface area contributed by atoms with Crippen molar-refractivity contribution < 1.29 is 0 Å². The molecule has 0 saturated carbocycles. The minimum absolute atomic E-state index is 0.774. The van der Waals surface area contributed by atoms with E-state index in [1.54, 1.807) is 0 Å². The van der Waals surface area contributed by atoms with Crippen LogP contribution in [0, 0.1) is 6.92 Å². The van der Waals surface area contributed by atoms with Crippen molar-refractivity contribution in [3.8, 4) is 0 Å². The van der Waals surface area contributed by atoms with Gasteiger partial charge in [0.25, 0.3) is 0 Å². The van der Waals surface area contributed by atoms with Gasteiger partial charge in [-0.05, 0) is 61.9 Å². The molecule has 3 heteroatoms. The summed E-state index contributed by atoms with van der Waals surface area (Å²) >= 11 is 6.00. The van der Waals surface area contributed by atoms with Crippen LogP contribution in [0.5, 0.6) is 0 Å². The van der Waals surface area contributed by atoms with Gasteiger partial charge in [0.2, 0.25) is 0 Å². The Kier molecular flexibility index (Phi) is 4.41. The maximum atomic E-state index is 6.00. The first-order valence-corrected chi connectivity index (χ1v) is 9.24. The van der Waals surface area contributed by atoms with E-state index in [0.717, 1.165) is 36.5 Å². The summed E-state index contributed by atoms with van der Waals surface area (Å²) in [7, 11) is 2.22. The number of rotatable bonds is 2. The second-order valence-corrected chi connectivity index (χ2v) is 7.42. The molecular formula is C22H23ClN2. The second-order valence-electron chi connectivity index (χ2n) is 6.99. The summed E-state index contributed by atoms with van der Waals surface area (Å²) < 4.78 is 2.39. The topological polar surface area (TPSA) is 8.17 Å². The first-order valence-electron chi connectivity index (χ1n) is 8.86. The molecule has 0 N–H and O–H groups in total. The quantitative estimate of drug-likeness (QED) is 0.612. The van der Waals surface area contributed by atoms with E-state index in [4.69, 9.17) is 11.6 Å². The minimum Gasteiger partial charge on any atom is -0.320 e. The Balaban J connectivity index is 1.83. The number of hydrogen-bond acceptors (Lipinski definition) is 1. The van der Waals surface area contributed by atoms with Gasteiger partial charge in [-0.1, -0.05) is 35.4 Å². The lowest BCUT2D eigenvalue weighted by Gasteiger charge is -2.12. The molecule has 0 amide bonds. The van der Waals surface area contributed by atoms with Gasteiger partial charge < -0.3 is 9.47 Å².